The molecule has 5 nitrogen and oxygen atoms in total. The molecule has 3 atom stereocenters. The highest BCUT2D eigenvalue weighted by Gasteiger charge is 2.32. The van der Waals surface area contributed by atoms with E-state index < -0.39 is 6.10 Å². The van der Waals surface area contributed by atoms with Crippen LogP contribution in [-0.2, 0) is 17.6 Å². The smallest absolute Gasteiger partial charge is 0.126 e. The molecule has 28 heavy (non-hydrogen) atoms. The SMILES string of the molecule is COc1ccc(Cc2cc([C@H]3C[C@@H](O)C[C@@H](CO)O3)c(C)c3c2OCC3)cc1. The molecular weight excluding hydrogens is 356 g/mol. The molecule has 150 valence electrons. The number of hydrogen-bond donors (Lipinski definition) is 2. The number of fused-ring (bicyclic) bond motifs is 1. The molecule has 0 unspecified atom stereocenters. The Bertz CT molecular complexity index is 830. The molecule has 0 spiro atoms. The van der Waals surface area contributed by atoms with E-state index in [1.165, 1.54) is 16.7 Å². The van der Waals surface area contributed by atoms with Crippen molar-refractivity contribution in [2.45, 2.75) is 50.9 Å². The van der Waals surface area contributed by atoms with Crippen LogP contribution in [0.2, 0.25) is 0 Å². The molecule has 0 amide bonds. The van der Waals surface area contributed by atoms with Crippen molar-refractivity contribution in [1.82, 2.24) is 0 Å². The van der Waals surface area contributed by atoms with E-state index in [1.807, 2.05) is 12.1 Å². The number of benzene rings is 2. The predicted octanol–water partition coefficient (Wildman–Crippen LogP) is 3.10. The maximum atomic E-state index is 10.3. The van der Waals surface area contributed by atoms with E-state index >= 15 is 0 Å². The normalized spacial score (nSPS) is 23.9. The molecule has 0 saturated carbocycles. The number of rotatable bonds is 5. The van der Waals surface area contributed by atoms with Crippen LogP contribution in [0.15, 0.2) is 30.3 Å². The zero-order valence-corrected chi connectivity index (χ0v) is 16.5. The Kier molecular flexibility index (Phi) is 5.58. The molecule has 0 aliphatic carbocycles. The first-order chi connectivity index (χ1) is 13.6. The molecule has 2 aliphatic heterocycles. The molecule has 0 radical (unpaired) electrons. The van der Waals surface area contributed by atoms with Crippen molar-refractivity contribution in [3.8, 4) is 11.5 Å². The van der Waals surface area contributed by atoms with Crippen molar-refractivity contribution in [2.24, 2.45) is 0 Å². The minimum absolute atomic E-state index is 0.0701. The number of aliphatic hydroxyl groups excluding tert-OH is 2. The van der Waals surface area contributed by atoms with Crippen LogP contribution in [0.1, 0.15) is 46.8 Å². The highest BCUT2D eigenvalue weighted by atomic mass is 16.5. The van der Waals surface area contributed by atoms with Gasteiger partial charge in [-0.05, 0) is 47.4 Å². The Morgan fingerprint density at radius 1 is 1.18 bits per heavy atom. The van der Waals surface area contributed by atoms with Gasteiger partial charge in [-0.2, -0.15) is 0 Å². The quantitative estimate of drug-likeness (QED) is 0.829. The molecule has 2 N–H and O–H groups in total. The summed E-state index contributed by atoms with van der Waals surface area (Å²) in [4.78, 5) is 0. The van der Waals surface area contributed by atoms with Crippen LogP contribution in [0.5, 0.6) is 11.5 Å². The summed E-state index contributed by atoms with van der Waals surface area (Å²) < 4.78 is 17.3. The third kappa shape index (κ3) is 3.75. The van der Waals surface area contributed by atoms with Crippen LogP contribution >= 0.6 is 0 Å². The average Bonchev–Trinajstić information content (AvgIpc) is 3.21. The van der Waals surface area contributed by atoms with Gasteiger partial charge in [0.2, 0.25) is 0 Å². The van der Waals surface area contributed by atoms with Crippen molar-refractivity contribution in [2.75, 3.05) is 20.3 Å². The topological polar surface area (TPSA) is 68.2 Å². The monoisotopic (exact) mass is 384 g/mol. The van der Waals surface area contributed by atoms with Crippen molar-refractivity contribution in [3.63, 3.8) is 0 Å². The van der Waals surface area contributed by atoms with Gasteiger partial charge in [-0.15, -0.1) is 0 Å². The molecule has 2 aliphatic rings. The molecule has 1 saturated heterocycles. The van der Waals surface area contributed by atoms with E-state index in [-0.39, 0.29) is 18.8 Å². The Hall–Kier alpha value is -2.08. The van der Waals surface area contributed by atoms with Gasteiger partial charge >= 0.3 is 0 Å². The summed E-state index contributed by atoms with van der Waals surface area (Å²) in [5.41, 5.74) is 5.85. The molecule has 1 fully saturated rings. The highest BCUT2D eigenvalue weighted by Crippen LogP contribution is 2.41. The van der Waals surface area contributed by atoms with Gasteiger partial charge in [0.15, 0.2) is 0 Å². The maximum Gasteiger partial charge on any atom is 0.126 e. The standard InChI is InChI=1S/C23H28O5/c1-14-20-7-8-27-23(20)16(9-15-3-5-18(26-2)6-4-15)10-21(14)22-12-17(25)11-19(13-24)28-22/h3-6,10,17,19,22,24-25H,7-9,11-13H2,1-2H3/t17-,19-,22+/m0/s1. The third-order valence-electron chi connectivity index (χ3n) is 5.86. The fraction of sp³-hybridized carbons (Fsp3) is 0.478. The molecule has 4 rings (SSSR count). The minimum Gasteiger partial charge on any atom is -0.497 e. The van der Waals surface area contributed by atoms with E-state index in [2.05, 4.69) is 25.1 Å². The van der Waals surface area contributed by atoms with Crippen LogP contribution in [-0.4, -0.2) is 42.7 Å². The van der Waals surface area contributed by atoms with Gasteiger partial charge in [0.1, 0.15) is 11.5 Å². The molecule has 0 bridgehead atoms. The average molecular weight is 384 g/mol. The van der Waals surface area contributed by atoms with Crippen LogP contribution in [0, 0.1) is 6.92 Å². The number of methoxy groups -OCH3 is 1. The summed E-state index contributed by atoms with van der Waals surface area (Å²) in [6.07, 6.45) is 1.72. The zero-order chi connectivity index (χ0) is 19.7. The van der Waals surface area contributed by atoms with Crippen LogP contribution in [0.25, 0.3) is 0 Å². The first-order valence-corrected chi connectivity index (χ1v) is 9.94. The molecule has 2 aromatic rings. The lowest BCUT2D eigenvalue weighted by Gasteiger charge is -2.34. The lowest BCUT2D eigenvalue weighted by Crippen LogP contribution is -2.33. The van der Waals surface area contributed by atoms with Crippen LogP contribution in [0.3, 0.4) is 0 Å². The number of ether oxygens (including phenoxy) is 3. The Morgan fingerprint density at radius 2 is 1.96 bits per heavy atom. The first kappa shape index (κ1) is 19.2. The Morgan fingerprint density at radius 3 is 2.68 bits per heavy atom. The summed E-state index contributed by atoms with van der Waals surface area (Å²) >= 11 is 0. The van der Waals surface area contributed by atoms with Crippen molar-refractivity contribution < 1.29 is 24.4 Å². The molecular formula is C23H28O5. The van der Waals surface area contributed by atoms with E-state index in [4.69, 9.17) is 14.2 Å². The minimum atomic E-state index is -0.454. The van der Waals surface area contributed by atoms with Gasteiger partial charge in [0.05, 0.1) is 38.6 Å². The predicted molar refractivity (Wildman–Crippen MR) is 106 cm³/mol. The lowest BCUT2D eigenvalue weighted by molar-refractivity contribution is -0.114. The van der Waals surface area contributed by atoms with Crippen LogP contribution in [0.4, 0.5) is 0 Å². The zero-order valence-electron chi connectivity index (χ0n) is 16.5. The van der Waals surface area contributed by atoms with Crippen molar-refractivity contribution in [1.29, 1.82) is 0 Å². The number of aliphatic hydroxyl groups is 2. The first-order valence-electron chi connectivity index (χ1n) is 9.94. The molecule has 2 aromatic carbocycles. The van der Waals surface area contributed by atoms with E-state index in [9.17, 15) is 10.2 Å². The second-order valence-electron chi connectivity index (χ2n) is 7.74. The summed E-state index contributed by atoms with van der Waals surface area (Å²) in [6.45, 7) is 2.74. The second kappa shape index (κ2) is 8.11. The second-order valence-corrected chi connectivity index (χ2v) is 7.74. The summed E-state index contributed by atoms with van der Waals surface area (Å²) in [5, 5.41) is 19.8. The molecule has 2 heterocycles. The Balaban J connectivity index is 1.69. The van der Waals surface area contributed by atoms with Crippen LogP contribution < -0.4 is 9.47 Å². The van der Waals surface area contributed by atoms with Gasteiger partial charge in [0, 0.05) is 31.2 Å². The Labute approximate surface area is 165 Å². The van der Waals surface area contributed by atoms with Gasteiger partial charge in [-0.1, -0.05) is 12.1 Å². The molecule has 5 heteroatoms. The largest absolute Gasteiger partial charge is 0.497 e. The summed E-state index contributed by atoms with van der Waals surface area (Å²) in [7, 11) is 1.67. The lowest BCUT2D eigenvalue weighted by atomic mass is 9.88. The van der Waals surface area contributed by atoms with E-state index in [0.29, 0.717) is 19.4 Å². The highest BCUT2D eigenvalue weighted by molar-refractivity contribution is 5.54. The van der Waals surface area contributed by atoms with Gasteiger partial charge in [0.25, 0.3) is 0 Å². The number of hydrogen-bond acceptors (Lipinski definition) is 5. The molecule has 0 aromatic heterocycles. The van der Waals surface area contributed by atoms with Gasteiger partial charge < -0.3 is 24.4 Å². The summed E-state index contributed by atoms with van der Waals surface area (Å²) in [5.74, 6) is 1.83. The fourth-order valence-corrected chi connectivity index (χ4v) is 4.37. The van der Waals surface area contributed by atoms with Gasteiger partial charge in [-0.25, -0.2) is 0 Å². The van der Waals surface area contributed by atoms with Crippen molar-refractivity contribution >= 4 is 0 Å². The van der Waals surface area contributed by atoms with Crippen molar-refractivity contribution in [3.05, 3.63) is 58.1 Å². The van der Waals surface area contributed by atoms with E-state index in [0.717, 1.165) is 35.5 Å². The maximum absolute atomic E-state index is 10.3. The van der Waals surface area contributed by atoms with Gasteiger partial charge in [-0.3, -0.25) is 0 Å². The van der Waals surface area contributed by atoms with E-state index in [1.54, 1.807) is 7.11 Å². The third-order valence-corrected chi connectivity index (χ3v) is 5.86. The summed E-state index contributed by atoms with van der Waals surface area (Å²) in [6, 6.07) is 10.3. The fourth-order valence-electron chi connectivity index (χ4n) is 4.37.